The van der Waals surface area contributed by atoms with Gasteiger partial charge in [0.15, 0.2) is 0 Å². The third kappa shape index (κ3) is 4.45. The summed E-state index contributed by atoms with van der Waals surface area (Å²) in [7, 11) is 0. The summed E-state index contributed by atoms with van der Waals surface area (Å²) in [5, 5.41) is 4.69. The number of carbonyl (C=O) groups is 2. The molecule has 0 aliphatic carbocycles. The SMILES string of the molecule is O=C(N/N=C\c1ccco1)C1CCN(C(=O)c2ccc(Cl)cc2Cl)CC1. The van der Waals surface area contributed by atoms with Crippen LogP contribution in [0, 0.1) is 5.92 Å². The first-order chi connectivity index (χ1) is 12.5. The highest BCUT2D eigenvalue weighted by molar-refractivity contribution is 6.36. The number of hydrazone groups is 1. The Hall–Kier alpha value is -2.31. The summed E-state index contributed by atoms with van der Waals surface area (Å²) in [4.78, 5) is 26.4. The highest BCUT2D eigenvalue weighted by Crippen LogP contribution is 2.25. The second kappa shape index (κ2) is 8.38. The fourth-order valence-electron chi connectivity index (χ4n) is 2.79. The number of piperidine rings is 1. The number of likely N-dealkylation sites (tertiary alicyclic amines) is 1. The number of benzene rings is 1. The molecule has 26 heavy (non-hydrogen) atoms. The summed E-state index contributed by atoms with van der Waals surface area (Å²) in [6.45, 7) is 0.968. The molecular formula is C18H17Cl2N3O3. The van der Waals surface area contributed by atoms with Gasteiger partial charge in [-0.05, 0) is 43.2 Å². The molecule has 0 saturated carbocycles. The van der Waals surface area contributed by atoms with Crippen LogP contribution in [0.2, 0.25) is 10.0 Å². The summed E-state index contributed by atoms with van der Waals surface area (Å²) in [5.74, 6) is 0.0600. The molecule has 2 amide bonds. The van der Waals surface area contributed by atoms with Gasteiger partial charge in [-0.3, -0.25) is 9.59 Å². The summed E-state index contributed by atoms with van der Waals surface area (Å²) in [6, 6.07) is 8.28. The van der Waals surface area contributed by atoms with E-state index < -0.39 is 0 Å². The van der Waals surface area contributed by atoms with E-state index in [1.54, 1.807) is 35.2 Å². The Morgan fingerprint density at radius 2 is 2.00 bits per heavy atom. The zero-order chi connectivity index (χ0) is 18.5. The van der Waals surface area contributed by atoms with Crippen molar-refractivity contribution >= 4 is 41.2 Å². The van der Waals surface area contributed by atoms with Gasteiger partial charge in [0.25, 0.3) is 5.91 Å². The van der Waals surface area contributed by atoms with Crippen LogP contribution >= 0.6 is 23.2 Å². The molecule has 6 nitrogen and oxygen atoms in total. The molecule has 8 heteroatoms. The lowest BCUT2D eigenvalue weighted by Gasteiger charge is -2.31. The van der Waals surface area contributed by atoms with Gasteiger partial charge >= 0.3 is 0 Å². The highest BCUT2D eigenvalue weighted by atomic mass is 35.5. The number of carbonyl (C=O) groups excluding carboxylic acids is 2. The number of halogens is 2. The Morgan fingerprint density at radius 3 is 2.65 bits per heavy atom. The topological polar surface area (TPSA) is 74.9 Å². The molecule has 1 fully saturated rings. The van der Waals surface area contributed by atoms with Gasteiger partial charge in [0.2, 0.25) is 5.91 Å². The first-order valence-corrected chi connectivity index (χ1v) is 8.91. The van der Waals surface area contributed by atoms with Crippen LogP contribution in [0.3, 0.4) is 0 Å². The molecule has 2 aromatic rings. The first kappa shape index (κ1) is 18.5. The molecule has 1 aromatic carbocycles. The standard InChI is InChI=1S/C18H17Cl2N3O3/c19-13-3-4-15(16(20)10-13)18(25)23-7-5-12(6-8-23)17(24)22-21-11-14-2-1-9-26-14/h1-4,9-12H,5-8H2,(H,22,24)/b21-11-. The van der Waals surface area contributed by atoms with E-state index in [4.69, 9.17) is 27.6 Å². The predicted molar refractivity (Wildman–Crippen MR) is 99.5 cm³/mol. The maximum atomic E-state index is 12.6. The van der Waals surface area contributed by atoms with Crippen LogP contribution in [0.25, 0.3) is 0 Å². The van der Waals surface area contributed by atoms with Crippen molar-refractivity contribution in [3.63, 3.8) is 0 Å². The molecule has 1 saturated heterocycles. The van der Waals surface area contributed by atoms with E-state index in [0.717, 1.165) is 0 Å². The van der Waals surface area contributed by atoms with Crippen LogP contribution in [-0.2, 0) is 4.79 Å². The van der Waals surface area contributed by atoms with E-state index in [-0.39, 0.29) is 17.7 Å². The van der Waals surface area contributed by atoms with Crippen molar-refractivity contribution in [3.8, 4) is 0 Å². The molecule has 0 radical (unpaired) electrons. The van der Waals surface area contributed by atoms with Crippen molar-refractivity contribution in [2.24, 2.45) is 11.0 Å². The van der Waals surface area contributed by atoms with Crippen molar-refractivity contribution in [2.75, 3.05) is 13.1 Å². The lowest BCUT2D eigenvalue weighted by Crippen LogP contribution is -2.42. The van der Waals surface area contributed by atoms with Crippen molar-refractivity contribution < 1.29 is 14.0 Å². The molecule has 3 rings (SSSR count). The van der Waals surface area contributed by atoms with Crippen molar-refractivity contribution in [1.82, 2.24) is 10.3 Å². The fraction of sp³-hybridized carbons (Fsp3) is 0.278. The highest BCUT2D eigenvalue weighted by Gasteiger charge is 2.28. The smallest absolute Gasteiger partial charge is 0.255 e. The van der Waals surface area contributed by atoms with Crippen LogP contribution in [0.5, 0.6) is 0 Å². The first-order valence-electron chi connectivity index (χ1n) is 8.15. The average Bonchev–Trinajstić information content (AvgIpc) is 3.15. The molecule has 0 unspecified atom stereocenters. The summed E-state index contributed by atoms with van der Waals surface area (Å²) in [5.41, 5.74) is 2.93. The molecular weight excluding hydrogens is 377 g/mol. The summed E-state index contributed by atoms with van der Waals surface area (Å²) in [6.07, 6.45) is 4.11. The van der Waals surface area contributed by atoms with Crippen LogP contribution < -0.4 is 5.43 Å². The van der Waals surface area contributed by atoms with E-state index in [1.807, 2.05) is 0 Å². The molecule has 1 aliphatic heterocycles. The van der Waals surface area contributed by atoms with Crippen LogP contribution in [0.15, 0.2) is 46.1 Å². The third-order valence-electron chi connectivity index (χ3n) is 4.22. The summed E-state index contributed by atoms with van der Waals surface area (Å²) < 4.78 is 5.10. The van der Waals surface area contributed by atoms with Crippen molar-refractivity contribution in [3.05, 3.63) is 58.0 Å². The Bertz CT molecular complexity index is 813. The molecule has 136 valence electrons. The van der Waals surface area contributed by atoms with Gasteiger partial charge in [0.1, 0.15) is 5.76 Å². The second-order valence-corrected chi connectivity index (χ2v) is 6.78. The molecule has 1 aliphatic rings. The second-order valence-electron chi connectivity index (χ2n) is 5.94. The number of hydrogen-bond donors (Lipinski definition) is 1. The molecule has 1 aromatic heterocycles. The van der Waals surface area contributed by atoms with E-state index in [0.29, 0.717) is 47.3 Å². The number of nitrogens with zero attached hydrogens (tertiary/aromatic N) is 2. The summed E-state index contributed by atoms with van der Waals surface area (Å²) >= 11 is 12.0. The van der Waals surface area contributed by atoms with E-state index in [2.05, 4.69) is 10.5 Å². The fourth-order valence-corrected chi connectivity index (χ4v) is 3.28. The quantitative estimate of drug-likeness (QED) is 0.636. The zero-order valence-electron chi connectivity index (χ0n) is 13.8. The Labute approximate surface area is 160 Å². The average molecular weight is 394 g/mol. The van der Waals surface area contributed by atoms with Gasteiger partial charge in [-0.1, -0.05) is 23.2 Å². The molecule has 0 bridgehead atoms. The van der Waals surface area contributed by atoms with Crippen molar-refractivity contribution in [2.45, 2.75) is 12.8 Å². The minimum absolute atomic E-state index is 0.152. The third-order valence-corrected chi connectivity index (χ3v) is 4.77. The molecule has 2 heterocycles. The Morgan fingerprint density at radius 1 is 1.23 bits per heavy atom. The Balaban J connectivity index is 1.52. The number of nitrogens with one attached hydrogen (secondary N) is 1. The minimum Gasteiger partial charge on any atom is -0.463 e. The molecule has 0 spiro atoms. The minimum atomic E-state index is -0.187. The van der Waals surface area contributed by atoms with Gasteiger partial charge in [-0.15, -0.1) is 0 Å². The van der Waals surface area contributed by atoms with Gasteiger partial charge in [0, 0.05) is 24.0 Å². The van der Waals surface area contributed by atoms with Crippen molar-refractivity contribution in [1.29, 1.82) is 0 Å². The van der Waals surface area contributed by atoms with Gasteiger partial charge in [-0.2, -0.15) is 5.10 Å². The van der Waals surface area contributed by atoms with Crippen LogP contribution in [0.4, 0.5) is 0 Å². The monoisotopic (exact) mass is 393 g/mol. The number of furan rings is 1. The maximum absolute atomic E-state index is 12.6. The Kier molecular flexibility index (Phi) is 5.96. The molecule has 1 N–H and O–H groups in total. The van der Waals surface area contributed by atoms with Crippen LogP contribution in [0.1, 0.15) is 29.0 Å². The van der Waals surface area contributed by atoms with E-state index in [9.17, 15) is 9.59 Å². The van der Waals surface area contributed by atoms with E-state index in [1.165, 1.54) is 12.5 Å². The lowest BCUT2D eigenvalue weighted by atomic mass is 9.95. The van der Waals surface area contributed by atoms with Gasteiger partial charge in [-0.25, -0.2) is 5.43 Å². The van der Waals surface area contributed by atoms with Gasteiger partial charge < -0.3 is 9.32 Å². The normalized spacial score (nSPS) is 15.4. The number of rotatable bonds is 4. The maximum Gasteiger partial charge on any atom is 0.255 e. The largest absolute Gasteiger partial charge is 0.463 e. The lowest BCUT2D eigenvalue weighted by molar-refractivity contribution is -0.126. The predicted octanol–water partition coefficient (Wildman–Crippen LogP) is 3.59. The van der Waals surface area contributed by atoms with E-state index >= 15 is 0 Å². The van der Waals surface area contributed by atoms with Crippen LogP contribution in [-0.4, -0.2) is 36.0 Å². The molecule has 0 atom stereocenters. The number of hydrogen-bond acceptors (Lipinski definition) is 4. The zero-order valence-corrected chi connectivity index (χ0v) is 15.3. The number of amides is 2. The van der Waals surface area contributed by atoms with Gasteiger partial charge in [0.05, 0.1) is 23.1 Å².